The second-order valence-corrected chi connectivity index (χ2v) is 3.63. The van der Waals surface area contributed by atoms with Crippen LogP contribution in [-0.2, 0) is 0 Å². The van der Waals surface area contributed by atoms with Crippen LogP contribution >= 0.6 is 0 Å². The lowest BCUT2D eigenvalue weighted by molar-refractivity contribution is 0.627. The summed E-state index contributed by atoms with van der Waals surface area (Å²) in [5, 5.41) is 9.16. The molecule has 1 atom stereocenters. The van der Waals surface area contributed by atoms with Crippen molar-refractivity contribution >= 4 is 5.69 Å². The van der Waals surface area contributed by atoms with Crippen LogP contribution in [0.15, 0.2) is 42.6 Å². The van der Waals surface area contributed by atoms with Gasteiger partial charge in [-0.15, -0.1) is 0 Å². The van der Waals surface area contributed by atoms with E-state index in [4.69, 9.17) is 11.0 Å². The number of nitrogen functional groups attached to an aromatic ring is 1. The number of pyridine rings is 1. The Morgan fingerprint density at radius 3 is 2.41 bits per heavy atom. The molecule has 0 saturated heterocycles. The van der Waals surface area contributed by atoms with Crippen molar-refractivity contribution < 1.29 is 4.39 Å². The molecule has 1 heterocycles. The molecule has 0 spiro atoms. The van der Waals surface area contributed by atoms with Crippen LogP contribution in [0.25, 0.3) is 0 Å². The highest BCUT2D eigenvalue weighted by Gasteiger charge is 2.14. The Morgan fingerprint density at radius 1 is 1.18 bits per heavy atom. The van der Waals surface area contributed by atoms with Gasteiger partial charge in [-0.25, -0.2) is 4.39 Å². The highest BCUT2D eigenvalue weighted by atomic mass is 19.1. The molecule has 0 fully saturated rings. The maximum atomic E-state index is 12.8. The maximum absolute atomic E-state index is 12.8. The van der Waals surface area contributed by atoms with E-state index >= 15 is 0 Å². The summed E-state index contributed by atoms with van der Waals surface area (Å²) < 4.78 is 12.8. The average molecular weight is 227 g/mol. The van der Waals surface area contributed by atoms with E-state index in [-0.39, 0.29) is 5.82 Å². The predicted octanol–water partition coefficient (Wildman–Crippen LogP) is 2.46. The van der Waals surface area contributed by atoms with Gasteiger partial charge < -0.3 is 5.73 Å². The molecular weight excluding hydrogens is 217 g/mol. The largest absolute Gasteiger partial charge is 0.397 e. The monoisotopic (exact) mass is 227 g/mol. The summed E-state index contributed by atoms with van der Waals surface area (Å²) in [6, 6.07) is 11.4. The lowest BCUT2D eigenvalue weighted by Crippen LogP contribution is -2.01. The van der Waals surface area contributed by atoms with Crippen molar-refractivity contribution in [3.8, 4) is 6.07 Å². The van der Waals surface area contributed by atoms with Crippen LogP contribution in [0, 0.1) is 17.1 Å². The second-order valence-electron chi connectivity index (χ2n) is 3.63. The number of benzene rings is 1. The first-order valence-corrected chi connectivity index (χ1v) is 5.07. The molecular formula is C13H10FN3. The molecule has 0 bridgehead atoms. The molecule has 17 heavy (non-hydrogen) atoms. The predicted molar refractivity (Wildman–Crippen MR) is 62.5 cm³/mol. The van der Waals surface area contributed by atoms with Crippen molar-refractivity contribution in [3.05, 3.63) is 59.7 Å². The topological polar surface area (TPSA) is 62.7 Å². The van der Waals surface area contributed by atoms with E-state index in [1.165, 1.54) is 18.3 Å². The minimum absolute atomic E-state index is 0.323. The van der Waals surface area contributed by atoms with Crippen molar-refractivity contribution in [1.82, 2.24) is 4.98 Å². The van der Waals surface area contributed by atoms with Gasteiger partial charge in [-0.2, -0.15) is 5.26 Å². The molecule has 84 valence electrons. The van der Waals surface area contributed by atoms with Crippen LogP contribution in [0.4, 0.5) is 10.1 Å². The Labute approximate surface area is 98.3 Å². The zero-order chi connectivity index (χ0) is 12.3. The van der Waals surface area contributed by atoms with Crippen molar-refractivity contribution in [2.75, 3.05) is 5.73 Å². The van der Waals surface area contributed by atoms with Gasteiger partial charge in [0, 0.05) is 0 Å². The number of hydrogen-bond acceptors (Lipinski definition) is 3. The standard InChI is InChI=1S/C13H10FN3/c14-10-3-1-9(2-4-10)12(7-15)13-6-5-11(16)8-17-13/h1-6,8,12H,16H2. The van der Waals surface area contributed by atoms with Gasteiger partial charge in [0.05, 0.1) is 23.6 Å². The number of hydrogen-bond donors (Lipinski definition) is 1. The van der Waals surface area contributed by atoms with Gasteiger partial charge in [0.25, 0.3) is 0 Å². The van der Waals surface area contributed by atoms with Crippen LogP contribution in [0.3, 0.4) is 0 Å². The molecule has 4 heteroatoms. The van der Waals surface area contributed by atoms with Crippen LogP contribution in [-0.4, -0.2) is 4.98 Å². The molecule has 1 aromatic heterocycles. The average Bonchev–Trinajstić information content (AvgIpc) is 2.35. The van der Waals surface area contributed by atoms with Crippen molar-refractivity contribution in [2.45, 2.75) is 5.92 Å². The second kappa shape index (κ2) is 4.62. The van der Waals surface area contributed by atoms with E-state index in [1.54, 1.807) is 24.3 Å². The Kier molecular flexibility index (Phi) is 3.01. The van der Waals surface area contributed by atoms with E-state index in [1.807, 2.05) is 0 Å². The molecule has 2 N–H and O–H groups in total. The SMILES string of the molecule is N#CC(c1ccc(F)cc1)c1ccc(N)cn1. The minimum Gasteiger partial charge on any atom is -0.397 e. The summed E-state index contributed by atoms with van der Waals surface area (Å²) in [6.45, 7) is 0. The number of anilines is 1. The van der Waals surface area contributed by atoms with Crippen LogP contribution < -0.4 is 5.73 Å². The van der Waals surface area contributed by atoms with Gasteiger partial charge >= 0.3 is 0 Å². The Morgan fingerprint density at radius 2 is 1.88 bits per heavy atom. The number of aromatic nitrogens is 1. The first-order valence-electron chi connectivity index (χ1n) is 5.07. The fraction of sp³-hybridized carbons (Fsp3) is 0.0769. The summed E-state index contributed by atoms with van der Waals surface area (Å²) in [5.41, 5.74) is 7.40. The molecule has 0 aliphatic heterocycles. The smallest absolute Gasteiger partial charge is 0.123 e. The maximum Gasteiger partial charge on any atom is 0.123 e. The highest BCUT2D eigenvalue weighted by molar-refractivity contribution is 5.40. The minimum atomic E-state index is -0.504. The number of nitriles is 1. The van der Waals surface area contributed by atoms with Crippen LogP contribution in [0.1, 0.15) is 17.2 Å². The van der Waals surface area contributed by atoms with Crippen LogP contribution in [0.2, 0.25) is 0 Å². The third-order valence-corrected chi connectivity index (χ3v) is 2.44. The Hall–Kier alpha value is -2.41. The third kappa shape index (κ3) is 2.40. The van der Waals surface area contributed by atoms with E-state index < -0.39 is 5.92 Å². The molecule has 0 radical (unpaired) electrons. The number of nitrogens with two attached hydrogens (primary N) is 1. The molecule has 3 nitrogen and oxygen atoms in total. The molecule has 2 aromatic rings. The summed E-state index contributed by atoms with van der Waals surface area (Å²) in [4.78, 5) is 4.11. The molecule has 0 amide bonds. The van der Waals surface area contributed by atoms with Crippen LogP contribution in [0.5, 0.6) is 0 Å². The van der Waals surface area contributed by atoms with Gasteiger partial charge in [0.1, 0.15) is 11.7 Å². The number of halogens is 1. The van der Waals surface area contributed by atoms with E-state index in [0.29, 0.717) is 16.9 Å². The van der Waals surface area contributed by atoms with Gasteiger partial charge in [0.15, 0.2) is 0 Å². The normalized spacial score (nSPS) is 11.8. The molecule has 1 unspecified atom stereocenters. The van der Waals surface area contributed by atoms with Crippen molar-refractivity contribution in [2.24, 2.45) is 0 Å². The Balaban J connectivity index is 2.37. The lowest BCUT2D eigenvalue weighted by Gasteiger charge is -2.08. The zero-order valence-corrected chi connectivity index (χ0v) is 8.97. The molecule has 1 aromatic carbocycles. The highest BCUT2D eigenvalue weighted by Crippen LogP contribution is 2.22. The fourth-order valence-electron chi connectivity index (χ4n) is 1.55. The van der Waals surface area contributed by atoms with E-state index in [2.05, 4.69) is 11.1 Å². The van der Waals surface area contributed by atoms with E-state index in [0.717, 1.165) is 0 Å². The third-order valence-electron chi connectivity index (χ3n) is 2.44. The zero-order valence-electron chi connectivity index (χ0n) is 8.97. The molecule has 2 rings (SSSR count). The molecule has 0 aliphatic rings. The first kappa shape index (κ1) is 11.1. The van der Waals surface area contributed by atoms with Gasteiger partial charge in [0.2, 0.25) is 0 Å². The number of rotatable bonds is 2. The Bertz CT molecular complexity index is 495. The molecule has 0 aliphatic carbocycles. The van der Waals surface area contributed by atoms with Gasteiger partial charge in [-0.3, -0.25) is 4.98 Å². The first-order chi connectivity index (χ1) is 8.20. The fourth-order valence-corrected chi connectivity index (χ4v) is 1.55. The van der Waals surface area contributed by atoms with E-state index in [9.17, 15) is 4.39 Å². The van der Waals surface area contributed by atoms with Gasteiger partial charge in [-0.1, -0.05) is 12.1 Å². The van der Waals surface area contributed by atoms with Gasteiger partial charge in [-0.05, 0) is 29.8 Å². The number of nitrogens with zero attached hydrogens (tertiary/aromatic N) is 2. The quantitative estimate of drug-likeness (QED) is 0.857. The molecule has 0 saturated carbocycles. The summed E-state index contributed by atoms with van der Waals surface area (Å²) in [5.74, 6) is -0.827. The lowest BCUT2D eigenvalue weighted by atomic mass is 9.97. The summed E-state index contributed by atoms with van der Waals surface area (Å²) in [7, 11) is 0. The van der Waals surface area contributed by atoms with Crippen molar-refractivity contribution in [3.63, 3.8) is 0 Å². The summed E-state index contributed by atoms with van der Waals surface area (Å²) in [6.07, 6.45) is 1.50. The van der Waals surface area contributed by atoms with Crippen molar-refractivity contribution in [1.29, 1.82) is 5.26 Å². The summed E-state index contributed by atoms with van der Waals surface area (Å²) >= 11 is 0.